The second-order valence-corrected chi connectivity index (χ2v) is 8.95. The van der Waals surface area contributed by atoms with E-state index in [1.165, 1.54) is 5.56 Å². The molecule has 1 aliphatic rings. The minimum absolute atomic E-state index is 0.00399. The standard InChI is InChI=1S/C27H34N6O2/c1-28-14-13-24(21-10-6-5-7-11-21)35-19-20-9-8-12-22(17-20)33-16-15-32(4)25-23(26(33)34)18-29-27(30-25)31(2)3/h5-12,17-18,24,28H,13-16,19H2,1-4H3. The van der Waals surface area contributed by atoms with Crippen LogP contribution in [0.3, 0.4) is 0 Å². The molecular formula is C27H34N6O2. The lowest BCUT2D eigenvalue weighted by Gasteiger charge is -2.22. The number of aromatic nitrogens is 2. The SMILES string of the molecule is CNCCC(OCc1cccc(N2CCN(C)c3nc(N(C)C)ncc3C2=O)c1)c1ccccc1. The number of hydrogen-bond acceptors (Lipinski definition) is 7. The van der Waals surface area contributed by atoms with Crippen molar-refractivity contribution in [1.82, 2.24) is 15.3 Å². The number of nitrogens with one attached hydrogen (secondary N) is 1. The van der Waals surface area contributed by atoms with Gasteiger partial charge in [-0.25, -0.2) is 4.98 Å². The summed E-state index contributed by atoms with van der Waals surface area (Å²) in [4.78, 5) is 28.2. The van der Waals surface area contributed by atoms with Gasteiger partial charge in [0.15, 0.2) is 0 Å². The predicted octanol–water partition coefficient (Wildman–Crippen LogP) is 3.51. The highest BCUT2D eigenvalue weighted by molar-refractivity contribution is 6.09. The smallest absolute Gasteiger partial charge is 0.263 e. The lowest BCUT2D eigenvalue weighted by molar-refractivity contribution is 0.0344. The van der Waals surface area contributed by atoms with Crippen molar-refractivity contribution in [2.24, 2.45) is 0 Å². The quantitative estimate of drug-likeness (QED) is 0.509. The summed E-state index contributed by atoms with van der Waals surface area (Å²) in [6.45, 7) is 2.56. The average Bonchev–Trinajstić information content (AvgIpc) is 3.00. The third-order valence-corrected chi connectivity index (χ3v) is 6.15. The molecule has 0 bridgehead atoms. The Morgan fingerprint density at radius 1 is 1.11 bits per heavy atom. The van der Waals surface area contributed by atoms with E-state index >= 15 is 0 Å². The van der Waals surface area contributed by atoms with Crippen LogP contribution in [-0.4, -0.2) is 63.7 Å². The molecule has 8 nitrogen and oxygen atoms in total. The van der Waals surface area contributed by atoms with Crippen molar-refractivity contribution in [3.8, 4) is 0 Å². The van der Waals surface area contributed by atoms with E-state index in [2.05, 4.69) is 27.4 Å². The first kappa shape index (κ1) is 24.6. The van der Waals surface area contributed by atoms with Gasteiger partial charge in [0.1, 0.15) is 11.4 Å². The zero-order valence-electron chi connectivity index (χ0n) is 20.9. The van der Waals surface area contributed by atoms with Crippen molar-refractivity contribution in [3.63, 3.8) is 0 Å². The second-order valence-electron chi connectivity index (χ2n) is 8.95. The van der Waals surface area contributed by atoms with Gasteiger partial charge >= 0.3 is 0 Å². The summed E-state index contributed by atoms with van der Waals surface area (Å²) in [5, 5.41) is 3.21. The molecule has 0 fully saturated rings. The average molecular weight is 475 g/mol. The van der Waals surface area contributed by atoms with Gasteiger partial charge in [-0.15, -0.1) is 0 Å². The minimum Gasteiger partial charge on any atom is -0.369 e. The number of rotatable bonds is 9. The lowest BCUT2D eigenvalue weighted by Crippen LogP contribution is -2.33. The molecule has 1 amide bonds. The molecule has 2 aromatic carbocycles. The van der Waals surface area contributed by atoms with Crippen LogP contribution in [0.4, 0.5) is 17.5 Å². The van der Waals surface area contributed by atoms with Crippen molar-refractivity contribution in [3.05, 3.63) is 77.5 Å². The first-order valence-corrected chi connectivity index (χ1v) is 12.0. The summed E-state index contributed by atoms with van der Waals surface area (Å²) < 4.78 is 6.34. The number of carbonyl (C=O) groups excluding carboxylic acids is 1. The summed E-state index contributed by atoms with van der Waals surface area (Å²) in [6, 6.07) is 18.3. The lowest BCUT2D eigenvalue weighted by atomic mass is 10.1. The first-order chi connectivity index (χ1) is 17.0. The first-order valence-electron chi connectivity index (χ1n) is 12.0. The fourth-order valence-electron chi connectivity index (χ4n) is 4.17. The molecule has 3 aromatic rings. The van der Waals surface area contributed by atoms with Gasteiger partial charge in [0.05, 0.1) is 12.7 Å². The van der Waals surface area contributed by atoms with Crippen LogP contribution in [-0.2, 0) is 11.3 Å². The number of fused-ring (bicyclic) bond motifs is 1. The summed E-state index contributed by atoms with van der Waals surface area (Å²) in [6.07, 6.45) is 2.51. The molecule has 0 spiro atoms. The number of carbonyl (C=O) groups is 1. The van der Waals surface area contributed by atoms with Crippen LogP contribution in [0.5, 0.6) is 0 Å². The Bertz CT molecular complexity index is 1140. The van der Waals surface area contributed by atoms with Crippen molar-refractivity contribution in [2.75, 3.05) is 62.5 Å². The Hall–Kier alpha value is -3.49. The molecule has 35 heavy (non-hydrogen) atoms. The summed E-state index contributed by atoms with van der Waals surface area (Å²) >= 11 is 0. The van der Waals surface area contributed by atoms with Gasteiger partial charge in [0.25, 0.3) is 5.91 Å². The molecule has 1 unspecified atom stereocenters. The molecular weight excluding hydrogens is 440 g/mol. The number of likely N-dealkylation sites (N-methyl/N-ethyl adjacent to an activating group) is 1. The normalized spacial score (nSPS) is 14.5. The second kappa shape index (κ2) is 11.3. The fourth-order valence-corrected chi connectivity index (χ4v) is 4.17. The van der Waals surface area contributed by atoms with E-state index in [-0.39, 0.29) is 12.0 Å². The molecule has 0 saturated carbocycles. The highest BCUT2D eigenvalue weighted by Gasteiger charge is 2.28. The van der Waals surface area contributed by atoms with E-state index in [9.17, 15) is 4.79 Å². The van der Waals surface area contributed by atoms with Crippen molar-refractivity contribution >= 4 is 23.4 Å². The van der Waals surface area contributed by atoms with E-state index in [1.807, 2.05) is 80.5 Å². The Morgan fingerprint density at radius 3 is 2.66 bits per heavy atom. The molecule has 0 saturated heterocycles. The number of ether oxygens (including phenoxy) is 1. The Labute approximate surface area is 207 Å². The number of hydrogen-bond donors (Lipinski definition) is 1. The van der Waals surface area contributed by atoms with Gasteiger partial charge in [-0.05, 0) is 43.3 Å². The zero-order valence-corrected chi connectivity index (χ0v) is 20.9. The highest BCUT2D eigenvalue weighted by Crippen LogP contribution is 2.28. The number of benzene rings is 2. The van der Waals surface area contributed by atoms with Crippen LogP contribution in [0.2, 0.25) is 0 Å². The predicted molar refractivity (Wildman–Crippen MR) is 140 cm³/mol. The minimum atomic E-state index is -0.0936. The molecule has 8 heteroatoms. The van der Waals surface area contributed by atoms with E-state index in [0.29, 0.717) is 37.0 Å². The van der Waals surface area contributed by atoms with Crippen molar-refractivity contribution in [2.45, 2.75) is 19.1 Å². The molecule has 0 radical (unpaired) electrons. The molecule has 1 aliphatic heterocycles. The fraction of sp³-hybridized carbons (Fsp3) is 0.370. The third-order valence-electron chi connectivity index (χ3n) is 6.15. The molecule has 1 N–H and O–H groups in total. The van der Waals surface area contributed by atoms with Gasteiger partial charge in [-0.1, -0.05) is 42.5 Å². The Morgan fingerprint density at radius 2 is 1.91 bits per heavy atom. The highest BCUT2D eigenvalue weighted by atomic mass is 16.5. The maximum atomic E-state index is 13.5. The van der Waals surface area contributed by atoms with E-state index in [1.54, 1.807) is 11.1 Å². The molecule has 184 valence electrons. The largest absolute Gasteiger partial charge is 0.369 e. The van der Waals surface area contributed by atoms with Crippen LogP contribution < -0.4 is 20.0 Å². The third kappa shape index (κ3) is 5.78. The van der Waals surface area contributed by atoms with E-state index < -0.39 is 0 Å². The maximum absolute atomic E-state index is 13.5. The van der Waals surface area contributed by atoms with Crippen LogP contribution in [0.1, 0.15) is 34.0 Å². The molecule has 1 atom stereocenters. The Kier molecular flexibility index (Phi) is 7.94. The zero-order chi connectivity index (χ0) is 24.8. The van der Waals surface area contributed by atoms with Crippen LogP contribution in [0.15, 0.2) is 60.8 Å². The van der Waals surface area contributed by atoms with Gasteiger partial charge in [0.2, 0.25) is 5.95 Å². The van der Waals surface area contributed by atoms with Crippen molar-refractivity contribution in [1.29, 1.82) is 0 Å². The summed E-state index contributed by atoms with van der Waals surface area (Å²) in [7, 11) is 7.69. The van der Waals surface area contributed by atoms with Crippen LogP contribution >= 0.6 is 0 Å². The van der Waals surface area contributed by atoms with E-state index in [0.717, 1.165) is 24.2 Å². The van der Waals surface area contributed by atoms with E-state index in [4.69, 9.17) is 4.74 Å². The van der Waals surface area contributed by atoms with Gasteiger partial charge in [0, 0.05) is 46.1 Å². The van der Waals surface area contributed by atoms with Crippen LogP contribution in [0.25, 0.3) is 0 Å². The molecule has 1 aromatic heterocycles. The Balaban J connectivity index is 1.53. The molecule has 4 rings (SSSR count). The van der Waals surface area contributed by atoms with Crippen molar-refractivity contribution < 1.29 is 9.53 Å². The molecule has 2 heterocycles. The number of nitrogens with zero attached hydrogens (tertiary/aromatic N) is 5. The number of amides is 1. The van der Waals surface area contributed by atoms with Gasteiger partial charge < -0.3 is 24.8 Å². The summed E-state index contributed by atoms with van der Waals surface area (Å²) in [5.41, 5.74) is 3.55. The maximum Gasteiger partial charge on any atom is 0.263 e. The topological polar surface area (TPSA) is 73.8 Å². The summed E-state index contributed by atoms with van der Waals surface area (Å²) in [5.74, 6) is 1.15. The number of anilines is 3. The monoisotopic (exact) mass is 474 g/mol. The van der Waals surface area contributed by atoms with Gasteiger partial charge in [-0.2, -0.15) is 4.98 Å². The van der Waals surface area contributed by atoms with Gasteiger partial charge in [-0.3, -0.25) is 4.79 Å². The molecule has 0 aliphatic carbocycles. The van der Waals surface area contributed by atoms with Crippen LogP contribution in [0, 0.1) is 0 Å².